The molecule has 5 heteroatoms. The van der Waals surface area contributed by atoms with E-state index >= 15 is 0 Å². The molecule has 0 bridgehead atoms. The van der Waals surface area contributed by atoms with Crippen LogP contribution in [-0.4, -0.2) is 18.4 Å². The first-order valence-electron chi connectivity index (χ1n) is 5.83. The van der Waals surface area contributed by atoms with Crippen molar-refractivity contribution in [3.8, 4) is 0 Å². The van der Waals surface area contributed by atoms with Crippen LogP contribution in [0.15, 0.2) is 47.1 Å². The lowest BCUT2D eigenvalue weighted by Gasteiger charge is -2.06. The summed E-state index contributed by atoms with van der Waals surface area (Å²) in [5.41, 5.74) is 1.76. The highest BCUT2D eigenvalue weighted by molar-refractivity contribution is 5.97. The molecule has 1 aromatic carbocycles. The Morgan fingerprint density at radius 1 is 1.21 bits per heavy atom. The van der Waals surface area contributed by atoms with Gasteiger partial charge in [-0.15, -0.1) is 0 Å². The quantitative estimate of drug-likeness (QED) is 0.880. The predicted molar refractivity (Wildman–Crippen MR) is 70.8 cm³/mol. The van der Waals surface area contributed by atoms with Crippen LogP contribution in [0.1, 0.15) is 16.1 Å². The van der Waals surface area contributed by atoms with Gasteiger partial charge in [0, 0.05) is 5.69 Å². The fourth-order valence-corrected chi connectivity index (χ4v) is 1.58. The smallest absolute Gasteiger partial charge is 0.287 e. The highest BCUT2D eigenvalue weighted by Crippen LogP contribution is 2.08. The molecule has 19 heavy (non-hydrogen) atoms. The Bertz CT molecular complexity index is 576. The Balaban J connectivity index is 1.83. The van der Waals surface area contributed by atoms with Gasteiger partial charge in [-0.05, 0) is 36.8 Å². The van der Waals surface area contributed by atoms with Crippen molar-refractivity contribution in [2.24, 2.45) is 0 Å². The van der Waals surface area contributed by atoms with Crippen LogP contribution in [0.5, 0.6) is 0 Å². The summed E-state index contributed by atoms with van der Waals surface area (Å²) < 4.78 is 4.92. The van der Waals surface area contributed by atoms with Crippen LogP contribution in [0.4, 0.5) is 5.69 Å². The molecule has 0 saturated carbocycles. The van der Waals surface area contributed by atoms with Crippen LogP contribution in [0.2, 0.25) is 0 Å². The van der Waals surface area contributed by atoms with Crippen LogP contribution in [0.3, 0.4) is 0 Å². The molecule has 2 rings (SSSR count). The fourth-order valence-electron chi connectivity index (χ4n) is 1.58. The zero-order valence-corrected chi connectivity index (χ0v) is 10.5. The second-order valence-electron chi connectivity index (χ2n) is 4.08. The van der Waals surface area contributed by atoms with Gasteiger partial charge in [-0.2, -0.15) is 0 Å². The van der Waals surface area contributed by atoms with Gasteiger partial charge in [0.1, 0.15) is 0 Å². The number of benzene rings is 1. The van der Waals surface area contributed by atoms with E-state index in [4.69, 9.17) is 4.42 Å². The zero-order valence-electron chi connectivity index (χ0n) is 10.5. The number of carbonyl (C=O) groups excluding carboxylic acids is 2. The average Bonchev–Trinajstić information content (AvgIpc) is 2.90. The van der Waals surface area contributed by atoms with Crippen molar-refractivity contribution in [1.82, 2.24) is 5.32 Å². The van der Waals surface area contributed by atoms with Crippen molar-refractivity contribution < 1.29 is 14.0 Å². The van der Waals surface area contributed by atoms with E-state index in [2.05, 4.69) is 10.6 Å². The molecule has 0 radical (unpaired) electrons. The van der Waals surface area contributed by atoms with Crippen LogP contribution in [-0.2, 0) is 4.79 Å². The molecule has 2 N–H and O–H groups in total. The number of hydrogen-bond donors (Lipinski definition) is 2. The monoisotopic (exact) mass is 258 g/mol. The number of carbonyl (C=O) groups is 2. The Labute approximate surface area is 110 Å². The van der Waals surface area contributed by atoms with Gasteiger partial charge in [-0.3, -0.25) is 9.59 Å². The topological polar surface area (TPSA) is 71.3 Å². The normalized spacial score (nSPS) is 9.95. The Morgan fingerprint density at radius 2 is 2.05 bits per heavy atom. The van der Waals surface area contributed by atoms with Crippen molar-refractivity contribution in [2.75, 3.05) is 11.9 Å². The van der Waals surface area contributed by atoms with Crippen molar-refractivity contribution in [1.29, 1.82) is 0 Å². The first-order chi connectivity index (χ1) is 9.15. The standard InChI is InChI=1S/C14H14N2O3/c1-10-4-2-5-11(8-10)16-13(17)9-15-14(18)12-6-3-7-19-12/h2-8H,9H2,1H3,(H,15,18)(H,16,17). The van der Waals surface area contributed by atoms with E-state index in [-0.39, 0.29) is 18.2 Å². The second-order valence-corrected chi connectivity index (χ2v) is 4.08. The fraction of sp³-hybridized carbons (Fsp3) is 0.143. The predicted octanol–water partition coefficient (Wildman–Crippen LogP) is 1.96. The first-order valence-corrected chi connectivity index (χ1v) is 5.83. The van der Waals surface area contributed by atoms with Gasteiger partial charge in [0.25, 0.3) is 5.91 Å². The van der Waals surface area contributed by atoms with E-state index in [9.17, 15) is 9.59 Å². The Hall–Kier alpha value is -2.56. The molecule has 0 saturated heterocycles. The van der Waals surface area contributed by atoms with E-state index < -0.39 is 5.91 Å². The molecule has 0 aliphatic heterocycles. The van der Waals surface area contributed by atoms with Gasteiger partial charge in [0.15, 0.2) is 5.76 Å². The molecule has 1 heterocycles. The molecule has 5 nitrogen and oxygen atoms in total. The number of aryl methyl sites for hydroxylation is 1. The molecular formula is C14H14N2O3. The maximum Gasteiger partial charge on any atom is 0.287 e. The highest BCUT2D eigenvalue weighted by Gasteiger charge is 2.10. The van der Waals surface area contributed by atoms with Crippen molar-refractivity contribution in [3.63, 3.8) is 0 Å². The van der Waals surface area contributed by atoms with Gasteiger partial charge < -0.3 is 15.1 Å². The number of hydrogen-bond acceptors (Lipinski definition) is 3. The van der Waals surface area contributed by atoms with Gasteiger partial charge in [-0.1, -0.05) is 12.1 Å². The second kappa shape index (κ2) is 5.86. The van der Waals surface area contributed by atoms with Gasteiger partial charge >= 0.3 is 0 Å². The summed E-state index contributed by atoms with van der Waals surface area (Å²) in [5.74, 6) is -0.516. The third-order valence-electron chi connectivity index (χ3n) is 2.46. The third-order valence-corrected chi connectivity index (χ3v) is 2.46. The number of nitrogens with one attached hydrogen (secondary N) is 2. The lowest BCUT2D eigenvalue weighted by Crippen LogP contribution is -2.32. The Kier molecular flexibility index (Phi) is 3.97. The van der Waals surface area contributed by atoms with E-state index in [0.717, 1.165) is 5.56 Å². The van der Waals surface area contributed by atoms with E-state index in [1.807, 2.05) is 25.1 Å². The molecule has 0 atom stereocenters. The minimum atomic E-state index is -0.413. The van der Waals surface area contributed by atoms with Crippen LogP contribution >= 0.6 is 0 Å². The molecule has 0 fully saturated rings. The molecule has 2 amide bonds. The molecule has 2 aromatic rings. The number of amides is 2. The molecular weight excluding hydrogens is 244 g/mol. The first kappa shape index (κ1) is 12.9. The lowest BCUT2D eigenvalue weighted by molar-refractivity contribution is -0.115. The van der Waals surface area contributed by atoms with E-state index in [0.29, 0.717) is 5.69 Å². The number of furan rings is 1. The van der Waals surface area contributed by atoms with Crippen molar-refractivity contribution >= 4 is 17.5 Å². The van der Waals surface area contributed by atoms with E-state index in [1.54, 1.807) is 12.1 Å². The SMILES string of the molecule is Cc1cccc(NC(=O)CNC(=O)c2ccco2)c1. The molecule has 0 spiro atoms. The summed E-state index contributed by atoms with van der Waals surface area (Å²) in [6.07, 6.45) is 1.40. The van der Waals surface area contributed by atoms with Crippen LogP contribution in [0.25, 0.3) is 0 Å². The summed E-state index contributed by atoms with van der Waals surface area (Å²) in [6, 6.07) is 10.6. The lowest BCUT2D eigenvalue weighted by atomic mass is 10.2. The van der Waals surface area contributed by atoms with Crippen molar-refractivity contribution in [3.05, 3.63) is 54.0 Å². The Morgan fingerprint density at radius 3 is 2.74 bits per heavy atom. The minimum Gasteiger partial charge on any atom is -0.459 e. The van der Waals surface area contributed by atoms with Gasteiger partial charge in [-0.25, -0.2) is 0 Å². The molecule has 98 valence electrons. The van der Waals surface area contributed by atoms with Crippen LogP contribution < -0.4 is 10.6 Å². The minimum absolute atomic E-state index is 0.104. The summed E-state index contributed by atoms with van der Waals surface area (Å²) in [4.78, 5) is 23.2. The number of anilines is 1. The maximum atomic E-state index is 11.6. The average molecular weight is 258 g/mol. The summed E-state index contributed by atoms with van der Waals surface area (Å²) in [6.45, 7) is 1.84. The summed E-state index contributed by atoms with van der Waals surface area (Å²) in [7, 11) is 0. The molecule has 1 aromatic heterocycles. The molecule has 0 aliphatic carbocycles. The molecule has 0 aliphatic rings. The highest BCUT2D eigenvalue weighted by atomic mass is 16.3. The zero-order chi connectivity index (χ0) is 13.7. The van der Waals surface area contributed by atoms with Gasteiger partial charge in [0.05, 0.1) is 12.8 Å². The van der Waals surface area contributed by atoms with Crippen molar-refractivity contribution in [2.45, 2.75) is 6.92 Å². The molecule has 0 unspecified atom stereocenters. The van der Waals surface area contributed by atoms with E-state index in [1.165, 1.54) is 12.3 Å². The summed E-state index contributed by atoms with van der Waals surface area (Å²) >= 11 is 0. The third kappa shape index (κ3) is 3.70. The van der Waals surface area contributed by atoms with Crippen LogP contribution in [0, 0.1) is 6.92 Å². The largest absolute Gasteiger partial charge is 0.459 e. The number of rotatable bonds is 4. The summed E-state index contributed by atoms with van der Waals surface area (Å²) in [5, 5.41) is 5.17. The maximum absolute atomic E-state index is 11.6. The van der Waals surface area contributed by atoms with Gasteiger partial charge in [0.2, 0.25) is 5.91 Å².